The zero-order valence-corrected chi connectivity index (χ0v) is 11.5. The first-order chi connectivity index (χ1) is 10.1. The van der Waals surface area contributed by atoms with Crippen molar-refractivity contribution in [3.63, 3.8) is 0 Å². The lowest BCUT2D eigenvalue weighted by Gasteiger charge is -2.26. The highest BCUT2D eigenvalue weighted by Gasteiger charge is 2.49. The molecule has 0 saturated carbocycles. The first-order valence-corrected chi connectivity index (χ1v) is 6.54. The Morgan fingerprint density at radius 3 is 2.14 bits per heavy atom. The van der Waals surface area contributed by atoms with Crippen LogP contribution in [0.2, 0.25) is 0 Å². The highest BCUT2D eigenvalue weighted by atomic mass is 16.3. The molecule has 2 aromatic rings. The highest BCUT2D eigenvalue weighted by molar-refractivity contribution is 6.08. The van der Waals surface area contributed by atoms with Gasteiger partial charge in [-0.2, -0.15) is 0 Å². The number of likely N-dealkylation sites (N-methyl/N-ethyl adjacent to an activating group) is 1. The van der Waals surface area contributed by atoms with Crippen molar-refractivity contribution in [2.45, 2.75) is 5.54 Å². The number of phenolic OH excluding ortho intramolecular Hbond substituents is 1. The quantitative estimate of drug-likeness (QED) is 0.873. The van der Waals surface area contributed by atoms with Crippen LogP contribution < -0.4 is 5.73 Å². The predicted octanol–water partition coefficient (Wildman–Crippen LogP) is 1.42. The lowest BCUT2D eigenvalue weighted by Crippen LogP contribution is -2.41. The van der Waals surface area contributed by atoms with Crippen LogP contribution in [-0.4, -0.2) is 28.9 Å². The van der Waals surface area contributed by atoms with E-state index in [1.54, 1.807) is 19.2 Å². The molecule has 0 radical (unpaired) electrons. The average molecular weight is 281 g/mol. The van der Waals surface area contributed by atoms with Gasteiger partial charge in [-0.3, -0.25) is 9.69 Å². The van der Waals surface area contributed by atoms with Gasteiger partial charge < -0.3 is 10.8 Å². The molecule has 1 aliphatic heterocycles. The average Bonchev–Trinajstić information content (AvgIpc) is 2.74. The minimum Gasteiger partial charge on any atom is -0.508 e. The SMILES string of the molecule is CN1C(=O)C(c2ccccc2)(c2ccc(O)cc2)N=C1N. The number of amides is 1. The first-order valence-electron chi connectivity index (χ1n) is 6.54. The van der Waals surface area contributed by atoms with E-state index in [0.29, 0.717) is 5.56 Å². The Morgan fingerprint density at radius 2 is 1.62 bits per heavy atom. The lowest BCUT2D eigenvalue weighted by molar-refractivity contribution is -0.129. The number of carbonyl (C=O) groups excluding carboxylic acids is 1. The molecule has 0 aromatic heterocycles. The molecule has 3 rings (SSSR count). The Hall–Kier alpha value is -2.82. The van der Waals surface area contributed by atoms with Crippen molar-refractivity contribution >= 4 is 11.9 Å². The second kappa shape index (κ2) is 4.63. The van der Waals surface area contributed by atoms with E-state index in [9.17, 15) is 9.90 Å². The van der Waals surface area contributed by atoms with Crippen LogP contribution in [0.5, 0.6) is 5.75 Å². The van der Waals surface area contributed by atoms with Crippen molar-refractivity contribution < 1.29 is 9.90 Å². The van der Waals surface area contributed by atoms with Crippen molar-refractivity contribution in [2.75, 3.05) is 7.05 Å². The number of phenols is 1. The molecule has 5 heteroatoms. The fraction of sp³-hybridized carbons (Fsp3) is 0.125. The van der Waals surface area contributed by atoms with Gasteiger partial charge in [-0.15, -0.1) is 0 Å². The number of rotatable bonds is 2. The summed E-state index contributed by atoms with van der Waals surface area (Å²) < 4.78 is 0. The molecule has 2 aromatic carbocycles. The van der Waals surface area contributed by atoms with Crippen molar-refractivity contribution in [1.82, 2.24) is 4.90 Å². The smallest absolute Gasteiger partial charge is 0.266 e. The van der Waals surface area contributed by atoms with Crippen LogP contribution in [-0.2, 0) is 10.3 Å². The van der Waals surface area contributed by atoms with Crippen LogP contribution in [0, 0.1) is 0 Å². The molecule has 0 spiro atoms. The Labute approximate surface area is 122 Å². The number of guanidine groups is 1. The summed E-state index contributed by atoms with van der Waals surface area (Å²) in [5.74, 6) is 0.103. The second-order valence-electron chi connectivity index (χ2n) is 4.96. The van der Waals surface area contributed by atoms with Crippen LogP contribution in [0.25, 0.3) is 0 Å². The summed E-state index contributed by atoms with van der Waals surface area (Å²) in [6.45, 7) is 0. The van der Waals surface area contributed by atoms with Crippen molar-refractivity contribution in [2.24, 2.45) is 10.7 Å². The summed E-state index contributed by atoms with van der Waals surface area (Å²) >= 11 is 0. The highest BCUT2D eigenvalue weighted by Crippen LogP contribution is 2.39. The van der Waals surface area contributed by atoms with E-state index in [1.807, 2.05) is 30.3 Å². The van der Waals surface area contributed by atoms with E-state index >= 15 is 0 Å². The summed E-state index contributed by atoms with van der Waals surface area (Å²) in [6, 6.07) is 15.7. The number of nitrogens with two attached hydrogens (primary N) is 1. The summed E-state index contributed by atoms with van der Waals surface area (Å²) in [4.78, 5) is 18.6. The Balaban J connectivity index is 2.27. The van der Waals surface area contributed by atoms with Gasteiger partial charge in [0.1, 0.15) is 5.75 Å². The van der Waals surface area contributed by atoms with E-state index in [0.717, 1.165) is 5.56 Å². The zero-order chi connectivity index (χ0) is 15.0. The standard InChI is InChI=1S/C16H15N3O2/c1-19-14(21)16(18-15(19)17,11-5-3-2-4-6-11)12-7-9-13(20)10-8-12/h2-10,20H,1H3,(H2,17,18). The number of benzene rings is 2. The van der Waals surface area contributed by atoms with Crippen molar-refractivity contribution in [1.29, 1.82) is 0 Å². The third-order valence-electron chi connectivity index (χ3n) is 3.72. The van der Waals surface area contributed by atoms with Gasteiger partial charge in [0.05, 0.1) is 0 Å². The molecule has 0 fully saturated rings. The first kappa shape index (κ1) is 13.2. The summed E-state index contributed by atoms with van der Waals surface area (Å²) in [5, 5.41) is 9.47. The van der Waals surface area contributed by atoms with Gasteiger partial charge in [-0.1, -0.05) is 42.5 Å². The minimum absolute atomic E-state index is 0.137. The number of hydrogen-bond donors (Lipinski definition) is 2. The van der Waals surface area contributed by atoms with E-state index < -0.39 is 5.54 Å². The van der Waals surface area contributed by atoms with Crippen molar-refractivity contribution in [3.8, 4) is 5.75 Å². The Morgan fingerprint density at radius 1 is 1.05 bits per heavy atom. The number of carbonyl (C=O) groups is 1. The molecule has 0 aliphatic carbocycles. The molecule has 1 heterocycles. The van der Waals surface area contributed by atoms with Gasteiger partial charge >= 0.3 is 0 Å². The number of aromatic hydroxyl groups is 1. The van der Waals surface area contributed by atoms with Crippen LogP contribution in [0.3, 0.4) is 0 Å². The van der Waals surface area contributed by atoms with Crippen LogP contribution in [0.1, 0.15) is 11.1 Å². The fourth-order valence-electron chi connectivity index (χ4n) is 2.57. The minimum atomic E-state index is -1.19. The molecule has 1 aliphatic rings. The van der Waals surface area contributed by atoms with E-state index in [1.165, 1.54) is 17.0 Å². The molecule has 0 bridgehead atoms. The number of hydrogen-bond acceptors (Lipinski definition) is 4. The fourth-order valence-corrected chi connectivity index (χ4v) is 2.57. The molecule has 0 saturated heterocycles. The maximum atomic E-state index is 12.8. The van der Waals surface area contributed by atoms with Gasteiger partial charge in [0.25, 0.3) is 5.91 Å². The van der Waals surface area contributed by atoms with Crippen LogP contribution >= 0.6 is 0 Å². The molecular weight excluding hydrogens is 266 g/mol. The number of nitrogens with zero attached hydrogens (tertiary/aromatic N) is 2. The monoisotopic (exact) mass is 281 g/mol. The molecule has 21 heavy (non-hydrogen) atoms. The largest absolute Gasteiger partial charge is 0.508 e. The zero-order valence-electron chi connectivity index (χ0n) is 11.5. The summed E-state index contributed by atoms with van der Waals surface area (Å²) in [7, 11) is 1.60. The summed E-state index contributed by atoms with van der Waals surface area (Å²) in [5.41, 5.74) is 6.08. The molecule has 1 amide bonds. The molecule has 5 nitrogen and oxygen atoms in total. The Kier molecular flexibility index (Phi) is 2.90. The van der Waals surface area contributed by atoms with Crippen LogP contribution in [0.4, 0.5) is 0 Å². The molecular formula is C16H15N3O2. The molecule has 1 atom stereocenters. The Bertz CT molecular complexity index is 710. The number of aliphatic imine (C=N–C) groups is 1. The van der Waals surface area contributed by atoms with E-state index in [-0.39, 0.29) is 17.6 Å². The van der Waals surface area contributed by atoms with Crippen molar-refractivity contribution in [3.05, 3.63) is 65.7 Å². The third-order valence-corrected chi connectivity index (χ3v) is 3.72. The maximum Gasteiger partial charge on any atom is 0.266 e. The lowest BCUT2D eigenvalue weighted by atomic mass is 9.83. The predicted molar refractivity (Wildman–Crippen MR) is 79.7 cm³/mol. The molecule has 1 unspecified atom stereocenters. The van der Waals surface area contributed by atoms with Gasteiger partial charge in [0.15, 0.2) is 11.5 Å². The van der Waals surface area contributed by atoms with E-state index in [2.05, 4.69) is 4.99 Å². The molecule has 3 N–H and O–H groups in total. The topological polar surface area (TPSA) is 78.9 Å². The molecule has 106 valence electrons. The van der Waals surface area contributed by atoms with E-state index in [4.69, 9.17) is 5.73 Å². The van der Waals surface area contributed by atoms with Gasteiger partial charge in [-0.05, 0) is 23.3 Å². The third kappa shape index (κ3) is 1.86. The second-order valence-corrected chi connectivity index (χ2v) is 4.96. The maximum absolute atomic E-state index is 12.8. The van der Waals surface area contributed by atoms with Gasteiger partial charge in [-0.25, -0.2) is 4.99 Å². The van der Waals surface area contributed by atoms with Gasteiger partial charge in [0, 0.05) is 7.05 Å². The normalized spacial score (nSPS) is 21.5. The van der Waals surface area contributed by atoms with Gasteiger partial charge in [0.2, 0.25) is 0 Å². The summed E-state index contributed by atoms with van der Waals surface area (Å²) in [6.07, 6.45) is 0. The van der Waals surface area contributed by atoms with Crippen LogP contribution in [0.15, 0.2) is 59.6 Å².